The molecule has 0 aliphatic heterocycles. The van der Waals surface area contributed by atoms with Gasteiger partial charge in [-0.05, 0) is 6.07 Å². The Morgan fingerprint density at radius 3 is 2.60 bits per heavy atom. The molecule has 0 spiro atoms. The molecule has 0 aliphatic rings. The lowest BCUT2D eigenvalue weighted by Gasteiger charge is -2.07. The van der Waals surface area contributed by atoms with Crippen molar-refractivity contribution in [3.63, 3.8) is 0 Å². The summed E-state index contributed by atoms with van der Waals surface area (Å²) in [5.74, 6) is -1.10. The van der Waals surface area contributed by atoms with E-state index in [1.807, 2.05) is 0 Å². The van der Waals surface area contributed by atoms with Crippen molar-refractivity contribution in [3.05, 3.63) is 23.0 Å². The number of halogens is 2. The summed E-state index contributed by atoms with van der Waals surface area (Å²) in [6.45, 7) is 0. The van der Waals surface area contributed by atoms with Gasteiger partial charge in [-0.25, -0.2) is 13.8 Å². The highest BCUT2D eigenvalue weighted by Gasteiger charge is 2.22. The van der Waals surface area contributed by atoms with Gasteiger partial charge in [-0.1, -0.05) is 0 Å². The molecular weight excluding hydrogens is 206 g/mol. The number of carbonyl (C=O) groups is 1. The predicted octanol–water partition coefficient (Wildman–Crippen LogP) is 0.572. The molecule has 0 bridgehead atoms. The van der Waals surface area contributed by atoms with Gasteiger partial charge < -0.3 is 11.5 Å². The Labute approximate surface area is 83.3 Å². The van der Waals surface area contributed by atoms with E-state index in [0.29, 0.717) is 0 Å². The maximum atomic E-state index is 12.4. The lowest BCUT2D eigenvalue weighted by atomic mass is 10.1. The van der Waals surface area contributed by atoms with Crippen LogP contribution in [0.1, 0.15) is 28.2 Å². The first-order valence-electron chi connectivity index (χ1n) is 3.75. The SMILES string of the molecule is N#Cc1cc(N)c(C(N)=O)c(C(F)F)n1. The molecule has 0 atom stereocenters. The van der Waals surface area contributed by atoms with Crippen molar-refractivity contribution in [2.75, 3.05) is 5.73 Å². The summed E-state index contributed by atoms with van der Waals surface area (Å²) in [6, 6.07) is 2.57. The molecule has 1 amide bonds. The number of nitrogen functional groups attached to an aromatic ring is 1. The van der Waals surface area contributed by atoms with Gasteiger partial charge in [0, 0.05) is 5.69 Å². The maximum absolute atomic E-state index is 12.4. The van der Waals surface area contributed by atoms with Crippen molar-refractivity contribution >= 4 is 11.6 Å². The average molecular weight is 212 g/mol. The molecule has 0 aromatic carbocycles. The standard InChI is InChI=1S/C8H6F2N4O/c9-7(10)6-5(8(13)15)4(12)1-3(2-11)14-6/h1,7H,(H2,12,14)(H2,13,15). The Kier molecular flexibility index (Phi) is 2.80. The molecular formula is C8H6F2N4O. The fourth-order valence-corrected chi connectivity index (χ4v) is 1.07. The summed E-state index contributed by atoms with van der Waals surface area (Å²) < 4.78 is 24.9. The molecule has 1 aromatic rings. The average Bonchev–Trinajstić information content (AvgIpc) is 2.15. The number of primary amides is 1. The van der Waals surface area contributed by atoms with E-state index in [2.05, 4.69) is 4.98 Å². The number of rotatable bonds is 2. The van der Waals surface area contributed by atoms with Crippen molar-refractivity contribution < 1.29 is 13.6 Å². The van der Waals surface area contributed by atoms with Crippen LogP contribution >= 0.6 is 0 Å². The molecule has 15 heavy (non-hydrogen) atoms. The highest BCUT2D eigenvalue weighted by atomic mass is 19.3. The van der Waals surface area contributed by atoms with Gasteiger partial charge in [0.15, 0.2) is 0 Å². The number of hydrogen-bond acceptors (Lipinski definition) is 4. The van der Waals surface area contributed by atoms with Crippen molar-refractivity contribution in [1.82, 2.24) is 4.98 Å². The molecule has 1 rings (SSSR count). The van der Waals surface area contributed by atoms with Gasteiger partial charge in [-0.3, -0.25) is 4.79 Å². The topological polar surface area (TPSA) is 106 Å². The second-order valence-corrected chi connectivity index (χ2v) is 2.63. The van der Waals surface area contributed by atoms with E-state index in [9.17, 15) is 13.6 Å². The van der Waals surface area contributed by atoms with Crippen LogP contribution in [-0.4, -0.2) is 10.9 Å². The number of carbonyl (C=O) groups excluding carboxylic acids is 1. The highest BCUT2D eigenvalue weighted by molar-refractivity contribution is 5.99. The second-order valence-electron chi connectivity index (χ2n) is 2.63. The van der Waals surface area contributed by atoms with Crippen molar-refractivity contribution in [1.29, 1.82) is 5.26 Å². The van der Waals surface area contributed by atoms with Crippen LogP contribution in [0, 0.1) is 11.3 Å². The molecule has 4 N–H and O–H groups in total. The number of alkyl halides is 2. The zero-order chi connectivity index (χ0) is 11.6. The Balaban J connectivity index is 3.51. The van der Waals surface area contributed by atoms with E-state index in [-0.39, 0.29) is 11.4 Å². The third-order valence-corrected chi connectivity index (χ3v) is 1.65. The molecule has 1 heterocycles. The number of anilines is 1. The fraction of sp³-hybridized carbons (Fsp3) is 0.125. The van der Waals surface area contributed by atoms with E-state index in [1.165, 1.54) is 0 Å². The lowest BCUT2D eigenvalue weighted by molar-refractivity contribution is 0.0984. The monoisotopic (exact) mass is 212 g/mol. The summed E-state index contributed by atoms with van der Waals surface area (Å²) in [6.07, 6.45) is -3.01. The number of nitriles is 1. The maximum Gasteiger partial charge on any atom is 0.281 e. The molecule has 0 saturated carbocycles. The number of nitrogens with zero attached hydrogens (tertiary/aromatic N) is 2. The first-order chi connectivity index (χ1) is 6.97. The molecule has 0 fully saturated rings. The molecule has 7 heteroatoms. The molecule has 0 aliphatic carbocycles. The minimum absolute atomic E-state index is 0.274. The number of aromatic nitrogens is 1. The van der Waals surface area contributed by atoms with Crippen LogP contribution in [0.25, 0.3) is 0 Å². The number of nitrogens with two attached hydrogens (primary N) is 2. The minimum atomic E-state index is -3.01. The summed E-state index contributed by atoms with van der Waals surface area (Å²) in [7, 11) is 0. The number of pyridine rings is 1. The second kappa shape index (κ2) is 3.88. The van der Waals surface area contributed by atoms with Gasteiger partial charge in [0.2, 0.25) is 0 Å². The Morgan fingerprint density at radius 1 is 1.60 bits per heavy atom. The molecule has 0 saturated heterocycles. The normalized spacial score (nSPS) is 10.0. The van der Waals surface area contributed by atoms with E-state index >= 15 is 0 Å². The number of amides is 1. The lowest BCUT2D eigenvalue weighted by Crippen LogP contribution is -2.18. The Morgan fingerprint density at radius 2 is 2.20 bits per heavy atom. The van der Waals surface area contributed by atoms with Crippen molar-refractivity contribution in [2.45, 2.75) is 6.43 Å². The summed E-state index contributed by atoms with van der Waals surface area (Å²) in [5.41, 5.74) is 8.22. The Bertz CT molecular complexity index is 453. The van der Waals surface area contributed by atoms with Gasteiger partial charge in [0.25, 0.3) is 12.3 Å². The summed E-state index contributed by atoms with van der Waals surface area (Å²) in [4.78, 5) is 14.1. The van der Waals surface area contributed by atoms with E-state index in [1.54, 1.807) is 6.07 Å². The van der Waals surface area contributed by atoms with Crippen LogP contribution in [0.15, 0.2) is 6.07 Å². The van der Waals surface area contributed by atoms with Gasteiger partial charge in [-0.2, -0.15) is 5.26 Å². The third-order valence-electron chi connectivity index (χ3n) is 1.65. The zero-order valence-electron chi connectivity index (χ0n) is 7.37. The van der Waals surface area contributed by atoms with Crippen LogP contribution in [0.2, 0.25) is 0 Å². The molecule has 0 radical (unpaired) electrons. The van der Waals surface area contributed by atoms with Crippen LogP contribution in [-0.2, 0) is 0 Å². The van der Waals surface area contributed by atoms with E-state index in [4.69, 9.17) is 16.7 Å². The van der Waals surface area contributed by atoms with Gasteiger partial charge in [0.1, 0.15) is 17.5 Å². The molecule has 5 nitrogen and oxygen atoms in total. The quantitative estimate of drug-likeness (QED) is 0.747. The van der Waals surface area contributed by atoms with E-state index in [0.717, 1.165) is 6.07 Å². The van der Waals surface area contributed by atoms with Crippen molar-refractivity contribution in [2.24, 2.45) is 5.73 Å². The summed E-state index contributed by atoms with van der Waals surface area (Å²) >= 11 is 0. The fourth-order valence-electron chi connectivity index (χ4n) is 1.07. The number of hydrogen-bond donors (Lipinski definition) is 2. The third kappa shape index (κ3) is 1.99. The molecule has 0 unspecified atom stereocenters. The van der Waals surface area contributed by atoms with Crippen molar-refractivity contribution in [3.8, 4) is 6.07 Å². The van der Waals surface area contributed by atoms with Gasteiger partial charge in [-0.15, -0.1) is 0 Å². The highest BCUT2D eigenvalue weighted by Crippen LogP contribution is 2.25. The summed E-state index contributed by atoms with van der Waals surface area (Å²) in [5, 5.41) is 8.47. The zero-order valence-corrected chi connectivity index (χ0v) is 7.37. The minimum Gasteiger partial charge on any atom is -0.398 e. The van der Waals surface area contributed by atoms with Crippen LogP contribution in [0.3, 0.4) is 0 Å². The predicted molar refractivity (Wildman–Crippen MR) is 46.8 cm³/mol. The first-order valence-corrected chi connectivity index (χ1v) is 3.75. The first kappa shape index (κ1) is 10.8. The largest absolute Gasteiger partial charge is 0.398 e. The Hall–Kier alpha value is -2.23. The molecule has 1 aromatic heterocycles. The van der Waals surface area contributed by atoms with Crippen LogP contribution in [0.5, 0.6) is 0 Å². The van der Waals surface area contributed by atoms with Gasteiger partial charge in [0.05, 0.1) is 5.56 Å². The van der Waals surface area contributed by atoms with E-state index < -0.39 is 23.6 Å². The molecule has 78 valence electrons. The smallest absolute Gasteiger partial charge is 0.281 e. The van der Waals surface area contributed by atoms with Crippen LogP contribution < -0.4 is 11.5 Å². The van der Waals surface area contributed by atoms with Gasteiger partial charge >= 0.3 is 0 Å². The van der Waals surface area contributed by atoms with Crippen LogP contribution in [0.4, 0.5) is 14.5 Å².